The molecule has 0 spiro atoms. The Hall–Kier alpha value is -1.67. The highest BCUT2D eigenvalue weighted by Crippen LogP contribution is 2.28. The van der Waals surface area contributed by atoms with E-state index in [9.17, 15) is 4.39 Å². The zero-order valence-corrected chi connectivity index (χ0v) is 11.0. The lowest BCUT2D eigenvalue weighted by Gasteiger charge is -2.16. The Balaban J connectivity index is 0.00000162. The van der Waals surface area contributed by atoms with Crippen LogP contribution in [0.3, 0.4) is 0 Å². The average Bonchev–Trinajstić information content (AvgIpc) is 2.33. The van der Waals surface area contributed by atoms with E-state index in [4.69, 9.17) is 0 Å². The molecule has 0 bridgehead atoms. The molecule has 0 heterocycles. The van der Waals surface area contributed by atoms with Gasteiger partial charge in [0.2, 0.25) is 0 Å². The van der Waals surface area contributed by atoms with Gasteiger partial charge in [-0.15, -0.1) is 0 Å². The fourth-order valence-electron chi connectivity index (χ4n) is 2.19. The summed E-state index contributed by atoms with van der Waals surface area (Å²) < 4.78 is 13.2. The number of rotatable bonds is 3. The molecule has 2 aromatic carbocycles. The van der Waals surface area contributed by atoms with Crippen LogP contribution in [-0.4, -0.2) is 0 Å². The quantitative estimate of drug-likeness (QED) is 0.825. The standard InChI is InChI=1S/C16H17F.H3N/c1-3-16(13-9-7-12(2)8-10-13)14-5-4-6-15(17)11-14;/h4-11,16H,3H2,1-2H3;1H3. The van der Waals surface area contributed by atoms with Gasteiger partial charge < -0.3 is 6.15 Å². The number of hydrogen-bond donors (Lipinski definition) is 1. The second kappa shape index (κ2) is 6.31. The van der Waals surface area contributed by atoms with Crippen molar-refractivity contribution in [3.8, 4) is 0 Å². The first-order valence-electron chi connectivity index (χ1n) is 6.02. The van der Waals surface area contributed by atoms with Crippen LogP contribution in [0.1, 0.15) is 36.0 Å². The van der Waals surface area contributed by atoms with Crippen LogP contribution in [0.25, 0.3) is 0 Å². The normalized spacial score (nSPS) is 11.7. The average molecular weight is 245 g/mol. The molecule has 96 valence electrons. The predicted molar refractivity (Wildman–Crippen MR) is 74.7 cm³/mol. The number of halogens is 1. The van der Waals surface area contributed by atoms with Crippen molar-refractivity contribution in [2.45, 2.75) is 26.2 Å². The van der Waals surface area contributed by atoms with Crippen LogP contribution in [0.15, 0.2) is 48.5 Å². The summed E-state index contributed by atoms with van der Waals surface area (Å²) in [4.78, 5) is 0. The molecule has 18 heavy (non-hydrogen) atoms. The van der Waals surface area contributed by atoms with Crippen molar-refractivity contribution >= 4 is 0 Å². The van der Waals surface area contributed by atoms with Crippen LogP contribution >= 0.6 is 0 Å². The van der Waals surface area contributed by atoms with Gasteiger partial charge in [0.15, 0.2) is 0 Å². The van der Waals surface area contributed by atoms with Gasteiger partial charge in [-0.1, -0.05) is 48.9 Å². The van der Waals surface area contributed by atoms with E-state index in [1.807, 2.05) is 6.07 Å². The van der Waals surface area contributed by atoms with Gasteiger partial charge in [-0.05, 0) is 36.6 Å². The highest BCUT2D eigenvalue weighted by molar-refractivity contribution is 5.34. The molecule has 0 aliphatic carbocycles. The minimum atomic E-state index is -0.159. The van der Waals surface area contributed by atoms with Crippen LogP contribution in [-0.2, 0) is 0 Å². The maximum absolute atomic E-state index is 13.2. The lowest BCUT2D eigenvalue weighted by Crippen LogP contribution is -2.00. The highest BCUT2D eigenvalue weighted by atomic mass is 19.1. The second-order valence-corrected chi connectivity index (χ2v) is 4.43. The Kier molecular flexibility index (Phi) is 5.05. The molecule has 0 aliphatic rings. The lowest BCUT2D eigenvalue weighted by molar-refractivity contribution is 0.622. The Morgan fingerprint density at radius 1 is 1.00 bits per heavy atom. The van der Waals surface area contributed by atoms with Gasteiger partial charge in [-0.2, -0.15) is 0 Å². The fourth-order valence-corrected chi connectivity index (χ4v) is 2.19. The van der Waals surface area contributed by atoms with E-state index in [0.29, 0.717) is 0 Å². The lowest BCUT2D eigenvalue weighted by atomic mass is 9.89. The Labute approximate surface area is 108 Å². The summed E-state index contributed by atoms with van der Waals surface area (Å²) >= 11 is 0. The van der Waals surface area contributed by atoms with E-state index in [0.717, 1.165) is 12.0 Å². The molecular weight excluding hydrogens is 225 g/mol. The van der Waals surface area contributed by atoms with Crippen molar-refractivity contribution in [3.63, 3.8) is 0 Å². The van der Waals surface area contributed by atoms with Gasteiger partial charge in [0.25, 0.3) is 0 Å². The molecule has 1 nitrogen and oxygen atoms in total. The van der Waals surface area contributed by atoms with Crippen molar-refractivity contribution in [1.29, 1.82) is 0 Å². The summed E-state index contributed by atoms with van der Waals surface area (Å²) in [5.41, 5.74) is 3.56. The van der Waals surface area contributed by atoms with Gasteiger partial charge in [-0.3, -0.25) is 0 Å². The summed E-state index contributed by atoms with van der Waals surface area (Å²) in [6.45, 7) is 4.21. The fraction of sp³-hybridized carbons (Fsp3) is 0.250. The summed E-state index contributed by atoms with van der Waals surface area (Å²) in [6.07, 6.45) is 0.979. The van der Waals surface area contributed by atoms with E-state index in [1.165, 1.54) is 17.2 Å². The van der Waals surface area contributed by atoms with E-state index in [-0.39, 0.29) is 17.9 Å². The third-order valence-electron chi connectivity index (χ3n) is 3.14. The summed E-state index contributed by atoms with van der Waals surface area (Å²) in [5.74, 6) is 0.124. The Morgan fingerprint density at radius 2 is 1.67 bits per heavy atom. The van der Waals surface area contributed by atoms with Crippen molar-refractivity contribution in [2.24, 2.45) is 0 Å². The van der Waals surface area contributed by atoms with E-state index >= 15 is 0 Å². The van der Waals surface area contributed by atoms with Crippen LogP contribution in [0, 0.1) is 12.7 Å². The molecule has 0 aliphatic heterocycles. The number of aryl methyl sites for hydroxylation is 1. The first kappa shape index (κ1) is 14.4. The third kappa shape index (κ3) is 3.17. The van der Waals surface area contributed by atoms with Crippen molar-refractivity contribution in [3.05, 3.63) is 71.0 Å². The topological polar surface area (TPSA) is 35.0 Å². The maximum atomic E-state index is 13.2. The van der Waals surface area contributed by atoms with Crippen molar-refractivity contribution in [1.82, 2.24) is 6.15 Å². The summed E-state index contributed by atoms with van der Waals surface area (Å²) in [6, 6.07) is 15.4. The van der Waals surface area contributed by atoms with Crippen molar-refractivity contribution < 1.29 is 4.39 Å². The van der Waals surface area contributed by atoms with E-state index < -0.39 is 0 Å². The zero-order valence-electron chi connectivity index (χ0n) is 11.0. The largest absolute Gasteiger partial charge is 0.344 e. The molecule has 1 unspecified atom stereocenters. The zero-order chi connectivity index (χ0) is 12.3. The van der Waals surface area contributed by atoms with Gasteiger partial charge >= 0.3 is 0 Å². The third-order valence-corrected chi connectivity index (χ3v) is 3.14. The first-order valence-corrected chi connectivity index (χ1v) is 6.02. The maximum Gasteiger partial charge on any atom is 0.123 e. The monoisotopic (exact) mass is 245 g/mol. The molecular formula is C16H20FN. The molecule has 0 saturated heterocycles. The summed E-state index contributed by atoms with van der Waals surface area (Å²) in [5, 5.41) is 0. The van der Waals surface area contributed by atoms with Gasteiger partial charge in [0.05, 0.1) is 0 Å². The van der Waals surface area contributed by atoms with Crippen LogP contribution in [0.5, 0.6) is 0 Å². The number of benzene rings is 2. The highest BCUT2D eigenvalue weighted by Gasteiger charge is 2.12. The molecule has 0 amide bonds. The minimum Gasteiger partial charge on any atom is -0.344 e. The smallest absolute Gasteiger partial charge is 0.123 e. The van der Waals surface area contributed by atoms with Crippen LogP contribution in [0.4, 0.5) is 4.39 Å². The molecule has 0 radical (unpaired) electrons. The van der Waals surface area contributed by atoms with Crippen LogP contribution < -0.4 is 6.15 Å². The van der Waals surface area contributed by atoms with Crippen LogP contribution in [0.2, 0.25) is 0 Å². The molecule has 0 fully saturated rings. The molecule has 0 saturated carbocycles. The first-order chi connectivity index (χ1) is 8.20. The molecule has 2 heteroatoms. The summed E-state index contributed by atoms with van der Waals surface area (Å²) in [7, 11) is 0. The molecule has 3 N–H and O–H groups in total. The number of hydrogen-bond acceptors (Lipinski definition) is 1. The Morgan fingerprint density at radius 3 is 2.22 bits per heavy atom. The molecule has 1 atom stereocenters. The predicted octanol–water partition coefficient (Wildman–Crippen LogP) is 4.84. The minimum absolute atomic E-state index is 0. The van der Waals surface area contributed by atoms with Gasteiger partial charge in [0, 0.05) is 5.92 Å². The molecule has 2 aromatic rings. The van der Waals surface area contributed by atoms with E-state index in [2.05, 4.69) is 38.1 Å². The van der Waals surface area contributed by atoms with E-state index in [1.54, 1.807) is 12.1 Å². The second-order valence-electron chi connectivity index (χ2n) is 4.43. The molecule has 0 aromatic heterocycles. The Bertz CT molecular complexity index is 491. The molecule has 2 rings (SSSR count). The van der Waals surface area contributed by atoms with Crippen molar-refractivity contribution in [2.75, 3.05) is 0 Å². The van der Waals surface area contributed by atoms with Gasteiger partial charge in [-0.25, -0.2) is 4.39 Å². The SMILES string of the molecule is CCC(c1ccc(C)cc1)c1cccc(F)c1.N. The van der Waals surface area contributed by atoms with Gasteiger partial charge in [0.1, 0.15) is 5.82 Å².